The van der Waals surface area contributed by atoms with E-state index in [2.05, 4.69) is 15.1 Å². The van der Waals surface area contributed by atoms with Crippen LogP contribution in [0.4, 0.5) is 20.3 Å². The van der Waals surface area contributed by atoms with Crippen molar-refractivity contribution in [1.82, 2.24) is 14.5 Å². The lowest BCUT2D eigenvalue weighted by Gasteiger charge is -2.35. The normalized spacial score (nSPS) is 18.6. The molecule has 11 heteroatoms. The number of morpholine rings is 1. The Morgan fingerprint density at radius 2 is 1.70 bits per heavy atom. The molecule has 1 aromatic heterocycles. The molecule has 30 heavy (non-hydrogen) atoms. The van der Waals surface area contributed by atoms with Gasteiger partial charge in [0.15, 0.2) is 5.82 Å². The van der Waals surface area contributed by atoms with Crippen LogP contribution in [0.2, 0.25) is 0 Å². The summed E-state index contributed by atoms with van der Waals surface area (Å²) in [4.78, 5) is 4.15. The Balaban J connectivity index is 1.40. The first-order chi connectivity index (χ1) is 14.4. The molecule has 0 atom stereocenters. The summed E-state index contributed by atoms with van der Waals surface area (Å²) in [5, 5.41) is 8.29. The Morgan fingerprint density at radius 3 is 2.43 bits per heavy atom. The van der Waals surface area contributed by atoms with E-state index in [1.165, 1.54) is 4.31 Å². The lowest BCUT2D eigenvalue weighted by atomic mass is 10.2. The maximum atomic E-state index is 13.9. The van der Waals surface area contributed by atoms with Gasteiger partial charge in [-0.05, 0) is 18.2 Å². The molecule has 8 nitrogen and oxygen atoms in total. The summed E-state index contributed by atoms with van der Waals surface area (Å²) in [6.45, 7) is 4.26. The minimum atomic E-state index is -3.76. The Labute approximate surface area is 174 Å². The highest BCUT2D eigenvalue weighted by molar-refractivity contribution is 7.88. The summed E-state index contributed by atoms with van der Waals surface area (Å²) >= 11 is 0. The lowest BCUT2D eigenvalue weighted by molar-refractivity contribution is 0.122. The highest BCUT2D eigenvalue weighted by Crippen LogP contribution is 2.22. The van der Waals surface area contributed by atoms with Crippen molar-refractivity contribution in [2.45, 2.75) is 5.75 Å². The van der Waals surface area contributed by atoms with Crippen LogP contribution in [0.25, 0.3) is 0 Å². The molecule has 2 fully saturated rings. The first-order valence-corrected chi connectivity index (χ1v) is 11.4. The molecule has 0 unspecified atom stereocenters. The Kier molecular flexibility index (Phi) is 6.11. The van der Waals surface area contributed by atoms with Crippen LogP contribution in [0.3, 0.4) is 0 Å². The second kappa shape index (κ2) is 8.78. The van der Waals surface area contributed by atoms with E-state index in [4.69, 9.17) is 4.74 Å². The average Bonchev–Trinajstić information content (AvgIpc) is 2.77. The zero-order chi connectivity index (χ0) is 21.1. The van der Waals surface area contributed by atoms with Crippen LogP contribution in [0.15, 0.2) is 30.5 Å². The molecule has 0 bridgehead atoms. The quantitative estimate of drug-likeness (QED) is 0.694. The number of nitrogens with zero attached hydrogens (tertiary/aromatic N) is 5. The van der Waals surface area contributed by atoms with E-state index in [0.717, 1.165) is 37.0 Å². The molecule has 4 rings (SSSR count). The van der Waals surface area contributed by atoms with Gasteiger partial charge < -0.3 is 14.5 Å². The van der Waals surface area contributed by atoms with Gasteiger partial charge in [-0.25, -0.2) is 17.2 Å². The predicted molar refractivity (Wildman–Crippen MR) is 108 cm³/mol. The molecule has 2 aromatic rings. The van der Waals surface area contributed by atoms with Crippen LogP contribution in [-0.4, -0.2) is 75.4 Å². The lowest BCUT2D eigenvalue weighted by Crippen LogP contribution is -2.49. The minimum absolute atomic E-state index is 0.165. The number of hydrogen-bond acceptors (Lipinski definition) is 7. The van der Waals surface area contributed by atoms with E-state index < -0.39 is 27.4 Å². The van der Waals surface area contributed by atoms with Crippen LogP contribution in [0.1, 0.15) is 5.56 Å². The molecule has 2 aliphatic heterocycles. The van der Waals surface area contributed by atoms with Gasteiger partial charge in [0, 0.05) is 50.9 Å². The molecule has 2 aliphatic rings. The van der Waals surface area contributed by atoms with Crippen molar-refractivity contribution in [3.8, 4) is 0 Å². The Bertz CT molecular complexity index is 993. The van der Waals surface area contributed by atoms with Crippen molar-refractivity contribution in [2.75, 3.05) is 62.3 Å². The fourth-order valence-electron chi connectivity index (χ4n) is 3.63. The Hall–Kier alpha value is -2.37. The summed E-state index contributed by atoms with van der Waals surface area (Å²) in [6, 6.07) is 4.79. The van der Waals surface area contributed by atoms with Gasteiger partial charge in [0.1, 0.15) is 11.6 Å². The van der Waals surface area contributed by atoms with Gasteiger partial charge in [-0.1, -0.05) is 0 Å². The van der Waals surface area contributed by atoms with Gasteiger partial charge in [-0.3, -0.25) is 0 Å². The third-order valence-electron chi connectivity index (χ3n) is 5.31. The molecular formula is C19H23F2N5O3S. The second-order valence-electron chi connectivity index (χ2n) is 7.25. The molecule has 0 N–H and O–H groups in total. The molecule has 162 valence electrons. The number of rotatable bonds is 5. The van der Waals surface area contributed by atoms with E-state index in [9.17, 15) is 17.2 Å². The number of ether oxygens (including phenoxy) is 1. The van der Waals surface area contributed by atoms with Gasteiger partial charge in [0.05, 0.1) is 30.9 Å². The average molecular weight is 439 g/mol. The summed E-state index contributed by atoms with van der Waals surface area (Å²) in [7, 11) is -3.76. The highest BCUT2D eigenvalue weighted by Gasteiger charge is 2.29. The van der Waals surface area contributed by atoms with Crippen molar-refractivity contribution in [3.63, 3.8) is 0 Å². The van der Waals surface area contributed by atoms with Crippen LogP contribution >= 0.6 is 0 Å². The fraction of sp³-hybridized carbons (Fsp3) is 0.474. The zero-order valence-electron chi connectivity index (χ0n) is 16.4. The standard InChI is InChI=1S/C19H23F2N5O3S/c20-16-1-2-18(21)15(11-16)14-30(27,28)26-5-3-25(4-6-26)19-12-17(13-22-23-19)24-7-9-29-10-8-24/h1-2,11-13H,3-10,14H2. The zero-order valence-corrected chi connectivity index (χ0v) is 17.2. The van der Waals surface area contributed by atoms with E-state index in [-0.39, 0.29) is 18.7 Å². The first-order valence-electron chi connectivity index (χ1n) is 9.74. The van der Waals surface area contributed by atoms with Crippen LogP contribution in [-0.2, 0) is 20.5 Å². The Morgan fingerprint density at radius 1 is 0.967 bits per heavy atom. The number of anilines is 2. The molecule has 2 saturated heterocycles. The van der Waals surface area contributed by atoms with Gasteiger partial charge in [-0.2, -0.15) is 9.40 Å². The molecule has 0 aliphatic carbocycles. The fourth-order valence-corrected chi connectivity index (χ4v) is 5.15. The van der Waals surface area contributed by atoms with E-state index in [0.29, 0.717) is 32.1 Å². The van der Waals surface area contributed by atoms with Crippen molar-refractivity contribution < 1.29 is 21.9 Å². The molecule has 1 aromatic carbocycles. The summed E-state index contributed by atoms with van der Waals surface area (Å²) in [5.74, 6) is -1.27. The number of piperazine rings is 1. The smallest absolute Gasteiger partial charge is 0.218 e. The molecular weight excluding hydrogens is 416 g/mol. The number of hydrogen-bond donors (Lipinski definition) is 0. The van der Waals surface area contributed by atoms with Crippen LogP contribution < -0.4 is 9.80 Å². The van der Waals surface area contributed by atoms with Crippen LogP contribution in [0, 0.1) is 11.6 Å². The number of sulfonamides is 1. The number of benzene rings is 1. The minimum Gasteiger partial charge on any atom is -0.378 e. The monoisotopic (exact) mass is 439 g/mol. The molecule has 0 amide bonds. The third-order valence-corrected chi connectivity index (χ3v) is 7.13. The third kappa shape index (κ3) is 4.68. The van der Waals surface area contributed by atoms with Gasteiger partial charge in [0.25, 0.3) is 0 Å². The molecule has 0 saturated carbocycles. The molecule has 0 radical (unpaired) electrons. The van der Waals surface area contributed by atoms with Gasteiger partial charge >= 0.3 is 0 Å². The van der Waals surface area contributed by atoms with E-state index >= 15 is 0 Å². The van der Waals surface area contributed by atoms with Gasteiger partial charge in [0.2, 0.25) is 10.0 Å². The second-order valence-corrected chi connectivity index (χ2v) is 9.22. The predicted octanol–water partition coefficient (Wildman–Crippen LogP) is 1.24. The van der Waals surface area contributed by atoms with Crippen LogP contribution in [0.5, 0.6) is 0 Å². The topological polar surface area (TPSA) is 78.9 Å². The first kappa shape index (κ1) is 20.9. The van der Waals surface area contributed by atoms with Crippen molar-refractivity contribution >= 4 is 21.5 Å². The molecule has 0 spiro atoms. The van der Waals surface area contributed by atoms with Gasteiger partial charge in [-0.15, -0.1) is 5.10 Å². The van der Waals surface area contributed by atoms with Crippen molar-refractivity contribution in [2.24, 2.45) is 0 Å². The number of aromatic nitrogens is 2. The molecule has 3 heterocycles. The van der Waals surface area contributed by atoms with E-state index in [1.54, 1.807) is 6.20 Å². The summed E-state index contributed by atoms with van der Waals surface area (Å²) in [6.07, 6.45) is 1.71. The summed E-state index contributed by atoms with van der Waals surface area (Å²) in [5.41, 5.74) is 0.793. The van der Waals surface area contributed by atoms with Crippen molar-refractivity contribution in [3.05, 3.63) is 47.7 Å². The van der Waals surface area contributed by atoms with E-state index in [1.807, 2.05) is 11.0 Å². The summed E-state index contributed by atoms with van der Waals surface area (Å²) < 4.78 is 59.3. The number of halogens is 2. The van der Waals surface area contributed by atoms with Crippen molar-refractivity contribution in [1.29, 1.82) is 0 Å². The maximum Gasteiger partial charge on any atom is 0.218 e. The largest absolute Gasteiger partial charge is 0.378 e. The maximum absolute atomic E-state index is 13.9. The SMILES string of the molecule is O=S(=O)(Cc1cc(F)ccc1F)N1CCN(c2cc(N3CCOCC3)cnn2)CC1. The highest BCUT2D eigenvalue weighted by atomic mass is 32.2.